The minimum absolute atomic E-state index is 0.0454. The molecule has 0 bridgehead atoms. The monoisotopic (exact) mass is 242 g/mol. The molecule has 18 heavy (non-hydrogen) atoms. The van der Waals surface area contributed by atoms with Crippen molar-refractivity contribution >= 4 is 5.82 Å². The smallest absolute Gasteiger partial charge is 0.293 e. The Kier molecular flexibility index (Phi) is 2.80. The first-order valence-corrected chi connectivity index (χ1v) is 6.05. The molecule has 0 aliphatic heterocycles. The molecule has 0 unspecified atom stereocenters. The lowest BCUT2D eigenvalue weighted by Gasteiger charge is -2.07. The van der Waals surface area contributed by atoms with Crippen molar-refractivity contribution in [2.75, 3.05) is 5.32 Å². The molecule has 5 nitrogen and oxygen atoms in total. The molecule has 1 fully saturated rings. The Labute approximate surface area is 105 Å². The van der Waals surface area contributed by atoms with Crippen LogP contribution in [0.4, 0.5) is 5.82 Å². The average Bonchev–Trinajstić information content (AvgIpc) is 3.23. The molecule has 2 heterocycles. The maximum atomic E-state index is 12.1. The van der Waals surface area contributed by atoms with Crippen LogP contribution in [-0.4, -0.2) is 14.5 Å². The molecule has 0 aromatic carbocycles. The molecule has 1 aliphatic rings. The van der Waals surface area contributed by atoms with Gasteiger partial charge in [-0.1, -0.05) is 6.07 Å². The lowest BCUT2D eigenvalue weighted by Crippen LogP contribution is -2.23. The molecule has 92 valence electrons. The molecule has 0 amide bonds. The van der Waals surface area contributed by atoms with Crippen molar-refractivity contribution in [3.05, 3.63) is 52.8 Å². The summed E-state index contributed by atoms with van der Waals surface area (Å²) in [5.41, 5.74) is 0.844. The molecule has 0 saturated heterocycles. The van der Waals surface area contributed by atoms with Crippen LogP contribution in [0.3, 0.4) is 0 Å². The number of nitrogens with one attached hydrogen (secondary N) is 1. The fourth-order valence-electron chi connectivity index (χ4n) is 1.86. The van der Waals surface area contributed by atoms with Crippen molar-refractivity contribution in [2.45, 2.75) is 25.4 Å². The zero-order valence-electron chi connectivity index (χ0n) is 9.91. The van der Waals surface area contributed by atoms with Crippen LogP contribution < -0.4 is 10.9 Å². The van der Waals surface area contributed by atoms with Crippen molar-refractivity contribution in [1.29, 1.82) is 0 Å². The average molecular weight is 242 g/mol. The van der Waals surface area contributed by atoms with Gasteiger partial charge in [0.15, 0.2) is 5.82 Å². The Hall–Kier alpha value is -2.17. The van der Waals surface area contributed by atoms with E-state index in [0.29, 0.717) is 18.4 Å². The molecule has 0 spiro atoms. The van der Waals surface area contributed by atoms with E-state index in [1.807, 2.05) is 18.2 Å². The summed E-state index contributed by atoms with van der Waals surface area (Å²) in [6, 6.07) is 6.07. The van der Waals surface area contributed by atoms with Crippen LogP contribution in [0.1, 0.15) is 24.6 Å². The summed E-state index contributed by atoms with van der Waals surface area (Å²) < 4.78 is 1.76. The molecule has 0 atom stereocenters. The van der Waals surface area contributed by atoms with Gasteiger partial charge < -0.3 is 9.88 Å². The second-order valence-corrected chi connectivity index (χ2v) is 4.39. The van der Waals surface area contributed by atoms with Crippen molar-refractivity contribution in [3.8, 4) is 0 Å². The van der Waals surface area contributed by atoms with Gasteiger partial charge in [0.05, 0.1) is 12.2 Å². The van der Waals surface area contributed by atoms with Gasteiger partial charge in [0, 0.05) is 24.6 Å². The summed E-state index contributed by atoms with van der Waals surface area (Å²) in [4.78, 5) is 20.4. The summed E-state index contributed by atoms with van der Waals surface area (Å²) in [5, 5.41) is 3.05. The first-order valence-electron chi connectivity index (χ1n) is 6.05. The van der Waals surface area contributed by atoms with Crippen molar-refractivity contribution in [1.82, 2.24) is 14.5 Å². The van der Waals surface area contributed by atoms with Gasteiger partial charge in [0.2, 0.25) is 0 Å². The third-order valence-electron chi connectivity index (χ3n) is 2.97. The van der Waals surface area contributed by atoms with Crippen LogP contribution in [0.25, 0.3) is 0 Å². The summed E-state index contributed by atoms with van der Waals surface area (Å²) in [5.74, 6) is 0.398. The molecule has 5 heteroatoms. The molecule has 2 aromatic rings. The fourth-order valence-corrected chi connectivity index (χ4v) is 1.86. The van der Waals surface area contributed by atoms with E-state index in [9.17, 15) is 4.79 Å². The number of hydrogen-bond acceptors (Lipinski definition) is 4. The van der Waals surface area contributed by atoms with Gasteiger partial charge in [0.25, 0.3) is 5.56 Å². The molecule has 0 radical (unpaired) electrons. The van der Waals surface area contributed by atoms with Crippen LogP contribution >= 0.6 is 0 Å². The van der Waals surface area contributed by atoms with Crippen LogP contribution in [0, 0.1) is 0 Å². The van der Waals surface area contributed by atoms with Crippen LogP contribution in [0.2, 0.25) is 0 Å². The molecular formula is C13H14N4O. The minimum atomic E-state index is -0.0454. The highest BCUT2D eigenvalue weighted by molar-refractivity contribution is 5.32. The Morgan fingerprint density at radius 2 is 2.17 bits per heavy atom. The first kappa shape index (κ1) is 11.0. The molecule has 1 aliphatic carbocycles. The highest BCUT2D eigenvalue weighted by Crippen LogP contribution is 2.33. The standard InChI is InChI=1S/C13H14N4O/c18-13-12(15-7-8-17(13)11-4-5-11)16-9-10-3-1-2-6-14-10/h1-3,6-8,11H,4-5,9H2,(H,15,16). The van der Waals surface area contributed by atoms with E-state index in [0.717, 1.165) is 18.5 Å². The van der Waals surface area contributed by atoms with E-state index in [1.54, 1.807) is 23.2 Å². The Balaban J connectivity index is 1.77. The lowest BCUT2D eigenvalue weighted by molar-refractivity contribution is 0.699. The second-order valence-electron chi connectivity index (χ2n) is 4.39. The fraction of sp³-hybridized carbons (Fsp3) is 0.308. The van der Waals surface area contributed by atoms with Gasteiger partial charge in [-0.3, -0.25) is 9.78 Å². The summed E-state index contributed by atoms with van der Waals surface area (Å²) in [7, 11) is 0. The molecule has 1 saturated carbocycles. The quantitative estimate of drug-likeness (QED) is 0.884. The summed E-state index contributed by atoms with van der Waals surface area (Å²) in [6.45, 7) is 0.512. The molecule has 2 aromatic heterocycles. The Bertz CT molecular complexity index is 589. The summed E-state index contributed by atoms with van der Waals surface area (Å²) >= 11 is 0. The maximum Gasteiger partial charge on any atom is 0.293 e. The highest BCUT2D eigenvalue weighted by Gasteiger charge is 2.25. The number of aromatic nitrogens is 3. The third kappa shape index (κ3) is 2.25. The van der Waals surface area contributed by atoms with E-state index in [2.05, 4.69) is 15.3 Å². The van der Waals surface area contributed by atoms with Gasteiger partial charge in [-0.15, -0.1) is 0 Å². The number of anilines is 1. The molecule has 1 N–H and O–H groups in total. The van der Waals surface area contributed by atoms with Gasteiger partial charge in [-0.05, 0) is 25.0 Å². The van der Waals surface area contributed by atoms with Crippen LogP contribution in [0.5, 0.6) is 0 Å². The van der Waals surface area contributed by atoms with Crippen LogP contribution in [-0.2, 0) is 6.54 Å². The number of rotatable bonds is 4. The van der Waals surface area contributed by atoms with Gasteiger partial charge in [-0.2, -0.15) is 0 Å². The van der Waals surface area contributed by atoms with Crippen LogP contribution in [0.15, 0.2) is 41.6 Å². The lowest BCUT2D eigenvalue weighted by atomic mass is 10.3. The third-order valence-corrected chi connectivity index (χ3v) is 2.97. The minimum Gasteiger partial charge on any atom is -0.360 e. The Morgan fingerprint density at radius 3 is 2.89 bits per heavy atom. The highest BCUT2D eigenvalue weighted by atomic mass is 16.1. The second kappa shape index (κ2) is 4.60. The van der Waals surface area contributed by atoms with E-state index < -0.39 is 0 Å². The topological polar surface area (TPSA) is 59.8 Å². The zero-order valence-corrected chi connectivity index (χ0v) is 9.91. The predicted molar refractivity (Wildman–Crippen MR) is 68.3 cm³/mol. The van der Waals surface area contributed by atoms with Crippen molar-refractivity contribution < 1.29 is 0 Å². The SMILES string of the molecule is O=c1c(NCc2ccccn2)nccn1C1CC1. The van der Waals surface area contributed by atoms with E-state index in [1.165, 1.54) is 0 Å². The maximum absolute atomic E-state index is 12.1. The zero-order chi connectivity index (χ0) is 12.4. The summed E-state index contributed by atoms with van der Waals surface area (Å²) in [6.07, 6.45) is 7.33. The number of hydrogen-bond donors (Lipinski definition) is 1. The van der Waals surface area contributed by atoms with E-state index >= 15 is 0 Å². The van der Waals surface area contributed by atoms with Crippen molar-refractivity contribution in [3.63, 3.8) is 0 Å². The molecule has 3 rings (SSSR count). The van der Waals surface area contributed by atoms with E-state index in [-0.39, 0.29) is 5.56 Å². The number of pyridine rings is 1. The number of nitrogens with zero attached hydrogens (tertiary/aromatic N) is 3. The largest absolute Gasteiger partial charge is 0.360 e. The first-order chi connectivity index (χ1) is 8.84. The van der Waals surface area contributed by atoms with E-state index in [4.69, 9.17) is 0 Å². The van der Waals surface area contributed by atoms with Gasteiger partial charge >= 0.3 is 0 Å². The van der Waals surface area contributed by atoms with Gasteiger partial charge in [-0.25, -0.2) is 4.98 Å². The molecular weight excluding hydrogens is 228 g/mol. The van der Waals surface area contributed by atoms with Gasteiger partial charge in [0.1, 0.15) is 0 Å². The Morgan fingerprint density at radius 1 is 1.28 bits per heavy atom. The van der Waals surface area contributed by atoms with Crippen molar-refractivity contribution in [2.24, 2.45) is 0 Å². The predicted octanol–water partition coefficient (Wildman–Crippen LogP) is 1.59. The normalized spacial score (nSPS) is 14.4.